The fourth-order valence-corrected chi connectivity index (χ4v) is 6.20. The van der Waals surface area contributed by atoms with Gasteiger partial charge in [-0.1, -0.05) is 12.8 Å². The molecule has 29 heavy (non-hydrogen) atoms. The molecule has 2 saturated heterocycles. The highest BCUT2D eigenvalue weighted by molar-refractivity contribution is 7.89. The van der Waals surface area contributed by atoms with Crippen molar-refractivity contribution < 1.29 is 21.6 Å². The van der Waals surface area contributed by atoms with E-state index in [9.17, 15) is 21.6 Å². The molecule has 1 aromatic rings. The van der Waals surface area contributed by atoms with E-state index in [1.807, 2.05) is 0 Å². The lowest BCUT2D eigenvalue weighted by Crippen LogP contribution is -2.37. The van der Waals surface area contributed by atoms with Crippen LogP contribution in [0.5, 0.6) is 0 Å². The SMILES string of the molecule is CS(=O)(=O)N1CCCN(C(=O)c2ccc(S(=O)(=O)N3CCCCCC3)cc2)CC1. The van der Waals surface area contributed by atoms with Gasteiger partial charge in [0.25, 0.3) is 5.91 Å². The summed E-state index contributed by atoms with van der Waals surface area (Å²) in [6.45, 7) is 2.53. The highest BCUT2D eigenvalue weighted by Crippen LogP contribution is 2.21. The van der Waals surface area contributed by atoms with E-state index in [1.54, 1.807) is 17.0 Å². The molecule has 2 heterocycles. The molecule has 2 aliphatic heterocycles. The molecule has 0 aromatic heterocycles. The summed E-state index contributed by atoms with van der Waals surface area (Å²) in [7, 11) is -6.82. The van der Waals surface area contributed by atoms with Gasteiger partial charge in [-0.15, -0.1) is 0 Å². The molecule has 2 aliphatic rings. The van der Waals surface area contributed by atoms with Crippen LogP contribution in [0.25, 0.3) is 0 Å². The van der Waals surface area contributed by atoms with E-state index in [1.165, 1.54) is 27.0 Å². The second-order valence-corrected chi connectivity index (χ2v) is 11.6. The lowest BCUT2D eigenvalue weighted by molar-refractivity contribution is 0.0764. The van der Waals surface area contributed by atoms with Crippen LogP contribution < -0.4 is 0 Å². The molecule has 8 nitrogen and oxygen atoms in total. The van der Waals surface area contributed by atoms with Crippen molar-refractivity contribution in [3.63, 3.8) is 0 Å². The largest absolute Gasteiger partial charge is 0.337 e. The Morgan fingerprint density at radius 2 is 1.31 bits per heavy atom. The average Bonchev–Trinajstić information content (AvgIpc) is 3.11. The number of hydrogen-bond donors (Lipinski definition) is 0. The van der Waals surface area contributed by atoms with Crippen LogP contribution in [0.3, 0.4) is 0 Å². The summed E-state index contributed by atoms with van der Waals surface area (Å²) in [6, 6.07) is 6.08. The second kappa shape index (κ2) is 9.11. The van der Waals surface area contributed by atoms with Gasteiger partial charge in [-0.25, -0.2) is 21.1 Å². The monoisotopic (exact) mass is 443 g/mol. The molecule has 0 N–H and O–H groups in total. The van der Waals surface area contributed by atoms with Crippen LogP contribution in [0.2, 0.25) is 0 Å². The van der Waals surface area contributed by atoms with Gasteiger partial charge in [-0.05, 0) is 43.5 Å². The Balaban J connectivity index is 1.70. The van der Waals surface area contributed by atoms with Crippen molar-refractivity contribution in [1.82, 2.24) is 13.5 Å². The van der Waals surface area contributed by atoms with Gasteiger partial charge in [0.05, 0.1) is 11.2 Å². The van der Waals surface area contributed by atoms with E-state index in [0.717, 1.165) is 25.7 Å². The fraction of sp³-hybridized carbons (Fsp3) is 0.632. The molecule has 162 valence electrons. The van der Waals surface area contributed by atoms with Gasteiger partial charge in [-0.3, -0.25) is 4.79 Å². The molecule has 0 atom stereocenters. The molecular weight excluding hydrogens is 414 g/mol. The summed E-state index contributed by atoms with van der Waals surface area (Å²) in [5.74, 6) is -0.209. The molecule has 0 bridgehead atoms. The first-order chi connectivity index (χ1) is 13.7. The molecule has 0 saturated carbocycles. The first-order valence-electron chi connectivity index (χ1n) is 10.0. The van der Waals surface area contributed by atoms with Gasteiger partial charge in [0.2, 0.25) is 20.0 Å². The predicted molar refractivity (Wildman–Crippen MR) is 111 cm³/mol. The van der Waals surface area contributed by atoms with Gasteiger partial charge in [-0.2, -0.15) is 4.31 Å². The lowest BCUT2D eigenvalue weighted by Gasteiger charge is -2.22. The van der Waals surface area contributed by atoms with E-state index < -0.39 is 20.0 Å². The van der Waals surface area contributed by atoms with Crippen LogP contribution in [-0.4, -0.2) is 81.8 Å². The normalized spacial score (nSPS) is 20.8. The Morgan fingerprint density at radius 1 is 0.724 bits per heavy atom. The van der Waals surface area contributed by atoms with Crippen LogP contribution in [0.4, 0.5) is 0 Å². The minimum atomic E-state index is -3.55. The van der Waals surface area contributed by atoms with Crippen LogP contribution >= 0.6 is 0 Å². The van der Waals surface area contributed by atoms with Crippen molar-refractivity contribution in [2.75, 3.05) is 45.5 Å². The Morgan fingerprint density at radius 3 is 1.90 bits per heavy atom. The van der Waals surface area contributed by atoms with Gasteiger partial charge < -0.3 is 4.90 Å². The smallest absolute Gasteiger partial charge is 0.253 e. The number of amides is 1. The zero-order valence-corrected chi connectivity index (χ0v) is 18.4. The van der Waals surface area contributed by atoms with Crippen molar-refractivity contribution >= 4 is 26.0 Å². The maximum absolute atomic E-state index is 12.9. The standard InChI is InChI=1S/C19H29N3O5S2/c1-28(24,25)21-14-6-11-20(15-16-21)19(23)17-7-9-18(10-8-17)29(26,27)22-12-4-2-3-5-13-22/h7-10H,2-6,11-16H2,1H3. The first kappa shape index (κ1) is 22.2. The van der Waals surface area contributed by atoms with E-state index >= 15 is 0 Å². The zero-order chi connectivity index (χ0) is 21.1. The van der Waals surface area contributed by atoms with Crippen molar-refractivity contribution in [1.29, 1.82) is 0 Å². The third-order valence-corrected chi connectivity index (χ3v) is 8.73. The lowest BCUT2D eigenvalue weighted by atomic mass is 10.2. The fourth-order valence-electron chi connectivity index (χ4n) is 3.81. The van der Waals surface area contributed by atoms with Crippen LogP contribution in [0.1, 0.15) is 42.5 Å². The van der Waals surface area contributed by atoms with Crippen LogP contribution in [0, 0.1) is 0 Å². The summed E-state index contributed by atoms with van der Waals surface area (Å²) in [5.41, 5.74) is 0.410. The summed E-state index contributed by atoms with van der Waals surface area (Å²) < 4.78 is 52.1. The minimum Gasteiger partial charge on any atom is -0.337 e. The number of sulfonamides is 2. The number of carbonyl (C=O) groups is 1. The molecule has 1 aromatic carbocycles. The molecule has 0 spiro atoms. The molecule has 1 amide bonds. The topological polar surface area (TPSA) is 95.1 Å². The summed E-state index contributed by atoms with van der Waals surface area (Å²) in [5, 5.41) is 0. The second-order valence-electron chi connectivity index (χ2n) is 7.65. The van der Waals surface area contributed by atoms with E-state index in [2.05, 4.69) is 0 Å². The predicted octanol–water partition coefficient (Wildman–Crippen LogP) is 1.36. The Labute approximate surface area is 173 Å². The zero-order valence-electron chi connectivity index (χ0n) is 16.8. The minimum absolute atomic E-state index is 0.204. The van der Waals surface area contributed by atoms with Crippen molar-refractivity contribution in [3.05, 3.63) is 29.8 Å². The van der Waals surface area contributed by atoms with E-state index in [-0.39, 0.29) is 17.3 Å². The summed E-state index contributed by atoms with van der Waals surface area (Å²) in [4.78, 5) is 14.6. The number of benzene rings is 1. The number of carbonyl (C=O) groups excluding carboxylic acids is 1. The maximum atomic E-state index is 12.9. The number of nitrogens with zero attached hydrogens (tertiary/aromatic N) is 3. The van der Waals surface area contributed by atoms with E-state index in [0.29, 0.717) is 44.7 Å². The van der Waals surface area contributed by atoms with Crippen molar-refractivity contribution in [2.24, 2.45) is 0 Å². The highest BCUT2D eigenvalue weighted by atomic mass is 32.2. The molecule has 3 rings (SSSR count). The first-order valence-corrected chi connectivity index (χ1v) is 13.3. The van der Waals surface area contributed by atoms with E-state index in [4.69, 9.17) is 0 Å². The highest BCUT2D eigenvalue weighted by Gasteiger charge is 2.27. The Bertz CT molecular complexity index is 921. The molecule has 0 unspecified atom stereocenters. The third kappa shape index (κ3) is 5.36. The van der Waals surface area contributed by atoms with Gasteiger partial charge >= 0.3 is 0 Å². The van der Waals surface area contributed by atoms with Gasteiger partial charge in [0.15, 0.2) is 0 Å². The number of hydrogen-bond acceptors (Lipinski definition) is 5. The quantitative estimate of drug-likeness (QED) is 0.700. The number of rotatable bonds is 4. The van der Waals surface area contributed by atoms with Crippen molar-refractivity contribution in [2.45, 2.75) is 37.0 Å². The van der Waals surface area contributed by atoms with Gasteiger partial charge in [0.1, 0.15) is 0 Å². The Kier molecular flexibility index (Phi) is 6.98. The van der Waals surface area contributed by atoms with Gasteiger partial charge in [0, 0.05) is 44.8 Å². The molecule has 0 aliphatic carbocycles. The average molecular weight is 444 g/mol. The summed E-state index contributed by atoms with van der Waals surface area (Å²) >= 11 is 0. The summed E-state index contributed by atoms with van der Waals surface area (Å²) in [6.07, 6.45) is 5.58. The molecule has 10 heteroatoms. The van der Waals surface area contributed by atoms with Crippen molar-refractivity contribution in [3.8, 4) is 0 Å². The van der Waals surface area contributed by atoms with Crippen LogP contribution in [-0.2, 0) is 20.0 Å². The third-order valence-electron chi connectivity index (χ3n) is 5.52. The molecule has 2 fully saturated rings. The molecular formula is C19H29N3O5S2. The maximum Gasteiger partial charge on any atom is 0.253 e. The Hall–Kier alpha value is -1.49. The molecule has 0 radical (unpaired) electrons. The van der Waals surface area contributed by atoms with Crippen LogP contribution in [0.15, 0.2) is 29.2 Å².